The second kappa shape index (κ2) is 9.83. The van der Waals surface area contributed by atoms with Crippen LogP contribution in [0.2, 0.25) is 0 Å². The third-order valence-electron chi connectivity index (χ3n) is 3.36. The summed E-state index contributed by atoms with van der Waals surface area (Å²) in [6.07, 6.45) is 0.000606. The lowest BCUT2D eigenvalue weighted by Gasteiger charge is -2.24. The molecule has 0 bridgehead atoms. The Bertz CT molecular complexity index is 512. The highest BCUT2D eigenvalue weighted by Gasteiger charge is 2.33. The zero-order valence-corrected chi connectivity index (χ0v) is 14.8. The molecule has 2 N–H and O–H groups in total. The first kappa shape index (κ1) is 19.8. The van der Waals surface area contributed by atoms with Crippen molar-refractivity contribution >= 4 is 13.5 Å². The van der Waals surface area contributed by atoms with Crippen LogP contribution in [0.4, 0.5) is 0 Å². The highest BCUT2D eigenvalue weighted by atomic mass is 31.2. The first-order valence-electron chi connectivity index (χ1n) is 7.80. The standard InChI is InChI=1S/C16H26NO5P/c1-4-21-23(20,22-5-2)13(3)11-16(19)17-15(12-18)14-9-7-6-8-10-14/h6-10,13,15,18H,4-5,11-12H2,1-3H3,(H,17,19)/t13-,15?/m1/s1. The second-order valence-corrected chi connectivity index (χ2v) is 7.62. The summed E-state index contributed by atoms with van der Waals surface area (Å²) in [4.78, 5) is 12.2. The van der Waals surface area contributed by atoms with Crippen LogP contribution in [0.3, 0.4) is 0 Å². The van der Waals surface area contributed by atoms with Crippen LogP contribution in [-0.2, 0) is 18.4 Å². The maximum Gasteiger partial charge on any atom is 0.333 e. The van der Waals surface area contributed by atoms with E-state index < -0.39 is 19.3 Å². The number of aliphatic hydroxyl groups excluding tert-OH is 1. The fraction of sp³-hybridized carbons (Fsp3) is 0.562. The molecule has 0 aliphatic carbocycles. The number of benzene rings is 1. The third-order valence-corrected chi connectivity index (χ3v) is 5.86. The average molecular weight is 343 g/mol. The average Bonchev–Trinajstić information content (AvgIpc) is 2.53. The monoisotopic (exact) mass is 343 g/mol. The molecule has 0 spiro atoms. The van der Waals surface area contributed by atoms with Crippen LogP contribution in [-0.4, -0.2) is 36.5 Å². The molecule has 1 unspecified atom stereocenters. The van der Waals surface area contributed by atoms with Crippen LogP contribution in [0.1, 0.15) is 38.8 Å². The van der Waals surface area contributed by atoms with E-state index in [1.807, 2.05) is 30.3 Å². The molecule has 6 nitrogen and oxygen atoms in total. The Morgan fingerprint density at radius 3 is 2.26 bits per heavy atom. The van der Waals surface area contributed by atoms with Crippen LogP contribution in [0.15, 0.2) is 30.3 Å². The fourth-order valence-electron chi connectivity index (χ4n) is 2.20. The molecule has 130 valence electrons. The topological polar surface area (TPSA) is 84.9 Å². The van der Waals surface area contributed by atoms with Crippen LogP contribution >= 0.6 is 7.60 Å². The molecule has 2 atom stereocenters. The molecule has 1 aromatic carbocycles. The van der Waals surface area contributed by atoms with Gasteiger partial charge in [0.25, 0.3) is 0 Å². The van der Waals surface area contributed by atoms with E-state index >= 15 is 0 Å². The van der Waals surface area contributed by atoms with E-state index in [0.29, 0.717) is 0 Å². The molecule has 0 saturated heterocycles. The minimum absolute atomic E-state index is 0.000606. The Hall–Kier alpha value is -1.20. The number of carbonyl (C=O) groups excluding carboxylic acids is 1. The summed E-state index contributed by atoms with van der Waals surface area (Å²) in [6.45, 7) is 5.44. The highest BCUT2D eigenvalue weighted by Crippen LogP contribution is 2.53. The van der Waals surface area contributed by atoms with E-state index in [-0.39, 0.29) is 32.1 Å². The lowest BCUT2D eigenvalue weighted by Crippen LogP contribution is -2.32. The summed E-state index contributed by atoms with van der Waals surface area (Å²) in [5.74, 6) is -0.306. The number of hydrogen-bond donors (Lipinski definition) is 2. The van der Waals surface area contributed by atoms with Gasteiger partial charge in [-0.3, -0.25) is 9.36 Å². The van der Waals surface area contributed by atoms with Gasteiger partial charge in [0.2, 0.25) is 5.91 Å². The zero-order valence-electron chi connectivity index (χ0n) is 13.9. The van der Waals surface area contributed by atoms with Gasteiger partial charge in [0.15, 0.2) is 0 Å². The van der Waals surface area contributed by atoms with Crippen molar-refractivity contribution in [3.63, 3.8) is 0 Å². The van der Waals surface area contributed by atoms with Crippen LogP contribution in [0.5, 0.6) is 0 Å². The number of amides is 1. The summed E-state index contributed by atoms with van der Waals surface area (Å²) < 4.78 is 23.1. The van der Waals surface area contributed by atoms with Crippen LogP contribution in [0.25, 0.3) is 0 Å². The van der Waals surface area contributed by atoms with Gasteiger partial charge in [0.05, 0.1) is 31.5 Å². The number of hydrogen-bond acceptors (Lipinski definition) is 5. The largest absolute Gasteiger partial charge is 0.394 e. The first-order chi connectivity index (χ1) is 11.0. The summed E-state index contributed by atoms with van der Waals surface area (Å²) in [6, 6.07) is 8.71. The number of aliphatic hydroxyl groups is 1. The molecule has 1 aromatic rings. The van der Waals surface area contributed by atoms with Gasteiger partial charge < -0.3 is 19.5 Å². The number of nitrogens with one attached hydrogen (secondary N) is 1. The molecule has 0 radical (unpaired) electrons. The third kappa shape index (κ3) is 6.07. The van der Waals surface area contributed by atoms with Crippen molar-refractivity contribution in [2.45, 2.75) is 38.9 Å². The predicted octanol–water partition coefficient (Wildman–Crippen LogP) is 2.88. The van der Waals surface area contributed by atoms with Gasteiger partial charge in [-0.1, -0.05) is 37.3 Å². The van der Waals surface area contributed by atoms with Crippen molar-refractivity contribution in [2.75, 3.05) is 19.8 Å². The van der Waals surface area contributed by atoms with Crippen molar-refractivity contribution in [1.82, 2.24) is 5.32 Å². The normalized spacial score (nSPS) is 14.3. The number of rotatable bonds is 10. The van der Waals surface area contributed by atoms with E-state index in [4.69, 9.17) is 9.05 Å². The Labute approximate surface area is 137 Å². The van der Waals surface area contributed by atoms with Crippen molar-refractivity contribution in [3.05, 3.63) is 35.9 Å². The lowest BCUT2D eigenvalue weighted by molar-refractivity contribution is -0.122. The first-order valence-corrected chi connectivity index (χ1v) is 9.42. The molecular weight excluding hydrogens is 317 g/mol. The molecule has 0 heterocycles. The van der Waals surface area contributed by atoms with Gasteiger partial charge in [0.1, 0.15) is 0 Å². The van der Waals surface area contributed by atoms with Crippen molar-refractivity contribution in [1.29, 1.82) is 0 Å². The van der Waals surface area contributed by atoms with Gasteiger partial charge in [-0.25, -0.2) is 0 Å². The molecule has 1 rings (SSSR count). The quantitative estimate of drug-likeness (QED) is 0.638. The predicted molar refractivity (Wildman–Crippen MR) is 89.3 cm³/mol. The lowest BCUT2D eigenvalue weighted by atomic mass is 10.1. The van der Waals surface area contributed by atoms with Gasteiger partial charge in [0, 0.05) is 6.42 Å². The maximum absolute atomic E-state index is 12.6. The van der Waals surface area contributed by atoms with Crippen molar-refractivity contribution in [3.8, 4) is 0 Å². The maximum atomic E-state index is 12.6. The van der Waals surface area contributed by atoms with E-state index in [1.165, 1.54) is 0 Å². The fourth-order valence-corrected chi connectivity index (χ4v) is 3.90. The minimum atomic E-state index is -3.31. The molecule has 0 fully saturated rings. The molecule has 0 aromatic heterocycles. The van der Waals surface area contributed by atoms with E-state index in [1.54, 1.807) is 20.8 Å². The SMILES string of the molecule is CCOP(=O)(OCC)[C@H](C)CC(=O)NC(CO)c1ccccc1. The van der Waals surface area contributed by atoms with Crippen LogP contribution in [0, 0.1) is 0 Å². The second-order valence-electron chi connectivity index (χ2n) is 5.14. The molecule has 1 amide bonds. The van der Waals surface area contributed by atoms with Gasteiger partial charge >= 0.3 is 7.60 Å². The summed E-state index contributed by atoms with van der Waals surface area (Å²) in [5.41, 5.74) is 0.256. The Balaban J connectivity index is 2.68. The Kier molecular flexibility index (Phi) is 8.48. The van der Waals surface area contributed by atoms with Gasteiger partial charge in [-0.15, -0.1) is 0 Å². The molecule has 7 heteroatoms. The Morgan fingerprint density at radius 1 is 1.22 bits per heavy atom. The summed E-state index contributed by atoms with van der Waals surface area (Å²) >= 11 is 0. The molecular formula is C16H26NO5P. The van der Waals surface area contributed by atoms with E-state index in [0.717, 1.165) is 5.56 Å². The summed E-state index contributed by atoms with van der Waals surface area (Å²) in [7, 11) is -3.31. The summed E-state index contributed by atoms with van der Waals surface area (Å²) in [5, 5.41) is 12.2. The van der Waals surface area contributed by atoms with E-state index in [9.17, 15) is 14.5 Å². The smallest absolute Gasteiger partial charge is 0.333 e. The van der Waals surface area contributed by atoms with Gasteiger partial charge in [-0.05, 0) is 19.4 Å². The number of carbonyl (C=O) groups is 1. The van der Waals surface area contributed by atoms with Crippen LogP contribution < -0.4 is 5.32 Å². The Morgan fingerprint density at radius 2 is 1.78 bits per heavy atom. The van der Waals surface area contributed by atoms with E-state index in [2.05, 4.69) is 5.32 Å². The minimum Gasteiger partial charge on any atom is -0.394 e. The molecule has 0 aliphatic heterocycles. The highest BCUT2D eigenvalue weighted by molar-refractivity contribution is 7.54. The van der Waals surface area contributed by atoms with Crippen molar-refractivity contribution in [2.24, 2.45) is 0 Å². The zero-order chi connectivity index (χ0) is 17.3. The van der Waals surface area contributed by atoms with Gasteiger partial charge in [-0.2, -0.15) is 0 Å². The molecule has 23 heavy (non-hydrogen) atoms. The van der Waals surface area contributed by atoms with Crippen molar-refractivity contribution < 1.29 is 23.5 Å². The molecule has 0 saturated carbocycles. The molecule has 0 aliphatic rings.